The van der Waals surface area contributed by atoms with Gasteiger partial charge in [0.15, 0.2) is 0 Å². The summed E-state index contributed by atoms with van der Waals surface area (Å²) in [6.45, 7) is 9.85. The molecule has 7 nitrogen and oxygen atoms in total. The molecule has 1 aromatic rings. The average molecular weight is 402 g/mol. The molecule has 2 aliphatic heterocycles. The molecule has 1 unspecified atom stereocenters. The number of allylic oxidation sites excluding steroid dienone is 1. The number of nitrogens with zero attached hydrogens (tertiary/aromatic N) is 1. The van der Waals surface area contributed by atoms with Crippen molar-refractivity contribution in [2.75, 3.05) is 18.1 Å². The summed E-state index contributed by atoms with van der Waals surface area (Å²) in [5, 5.41) is 5.48. The van der Waals surface area contributed by atoms with Gasteiger partial charge in [-0.05, 0) is 52.3 Å². The molecule has 0 spiro atoms. The first-order valence-electron chi connectivity index (χ1n) is 10.2. The summed E-state index contributed by atoms with van der Waals surface area (Å²) in [5.74, 6) is 0. The van der Waals surface area contributed by atoms with Gasteiger partial charge in [0.2, 0.25) is 0 Å². The van der Waals surface area contributed by atoms with E-state index in [0.717, 1.165) is 17.8 Å². The summed E-state index contributed by atoms with van der Waals surface area (Å²) in [7, 11) is 0. The Morgan fingerprint density at radius 1 is 1.07 bits per heavy atom. The Bertz CT molecular complexity index is 777. The summed E-state index contributed by atoms with van der Waals surface area (Å²) in [6, 6.07) is 8.23. The van der Waals surface area contributed by atoms with E-state index < -0.39 is 17.6 Å². The van der Waals surface area contributed by atoms with Gasteiger partial charge in [0, 0.05) is 35.9 Å². The van der Waals surface area contributed by atoms with Crippen LogP contribution in [0.15, 0.2) is 36.0 Å². The predicted molar refractivity (Wildman–Crippen MR) is 112 cm³/mol. The van der Waals surface area contributed by atoms with Crippen LogP contribution in [0.4, 0.5) is 15.3 Å². The second-order valence-corrected chi connectivity index (χ2v) is 8.47. The van der Waals surface area contributed by atoms with Gasteiger partial charge < -0.3 is 25.0 Å². The lowest BCUT2D eigenvalue weighted by Gasteiger charge is -2.35. The minimum atomic E-state index is -0.620. The Morgan fingerprint density at radius 3 is 2.17 bits per heavy atom. The SMILES string of the molecule is CC(C)NC(=O)OCC1(COC(=O)NC(C)C)C=C2Cc3ccccc3N2C1C. The fraction of sp³-hybridized carbons (Fsp3) is 0.545. The monoisotopic (exact) mass is 401 g/mol. The highest BCUT2D eigenvalue weighted by atomic mass is 16.6. The molecule has 2 aliphatic rings. The molecule has 2 heterocycles. The van der Waals surface area contributed by atoms with Crippen molar-refractivity contribution in [3.8, 4) is 0 Å². The fourth-order valence-corrected chi connectivity index (χ4v) is 3.94. The lowest BCUT2D eigenvalue weighted by molar-refractivity contribution is 0.0447. The molecular formula is C22H31N3O4. The summed E-state index contributed by atoms with van der Waals surface area (Å²) >= 11 is 0. The van der Waals surface area contributed by atoms with Gasteiger partial charge in [-0.3, -0.25) is 0 Å². The van der Waals surface area contributed by atoms with Gasteiger partial charge in [0.1, 0.15) is 13.2 Å². The summed E-state index contributed by atoms with van der Waals surface area (Å²) in [6.07, 6.45) is 2.00. The molecule has 0 aliphatic carbocycles. The molecule has 7 heteroatoms. The predicted octanol–water partition coefficient (Wildman–Crippen LogP) is 3.59. The van der Waals surface area contributed by atoms with Crippen molar-refractivity contribution in [2.45, 2.75) is 59.2 Å². The maximum absolute atomic E-state index is 12.1. The first-order chi connectivity index (χ1) is 13.7. The van der Waals surface area contributed by atoms with Crippen molar-refractivity contribution in [2.24, 2.45) is 5.41 Å². The van der Waals surface area contributed by atoms with E-state index in [9.17, 15) is 9.59 Å². The highest BCUT2D eigenvalue weighted by Crippen LogP contribution is 2.47. The second kappa shape index (κ2) is 8.35. The molecule has 2 amide bonds. The van der Waals surface area contributed by atoms with E-state index in [1.54, 1.807) is 0 Å². The highest BCUT2D eigenvalue weighted by Gasteiger charge is 2.49. The van der Waals surface area contributed by atoms with Crippen LogP contribution in [0.25, 0.3) is 0 Å². The first-order valence-corrected chi connectivity index (χ1v) is 10.2. The number of benzene rings is 1. The van der Waals surface area contributed by atoms with Crippen molar-refractivity contribution in [1.29, 1.82) is 0 Å². The smallest absolute Gasteiger partial charge is 0.407 e. The van der Waals surface area contributed by atoms with E-state index in [1.807, 2.05) is 39.8 Å². The van der Waals surface area contributed by atoms with Gasteiger partial charge in [0.05, 0.1) is 5.41 Å². The number of para-hydroxylation sites is 1. The number of carbonyl (C=O) groups excluding carboxylic acids is 2. The Balaban J connectivity index is 1.80. The van der Waals surface area contributed by atoms with Crippen molar-refractivity contribution in [3.05, 3.63) is 41.6 Å². The molecule has 29 heavy (non-hydrogen) atoms. The topological polar surface area (TPSA) is 79.9 Å². The van der Waals surface area contributed by atoms with E-state index >= 15 is 0 Å². The minimum absolute atomic E-state index is 0.0131. The molecule has 0 aromatic heterocycles. The largest absolute Gasteiger partial charge is 0.448 e. The van der Waals surface area contributed by atoms with E-state index in [2.05, 4.69) is 40.7 Å². The third-order valence-corrected chi connectivity index (χ3v) is 5.36. The van der Waals surface area contributed by atoms with Gasteiger partial charge in [-0.2, -0.15) is 0 Å². The highest BCUT2D eigenvalue weighted by molar-refractivity contribution is 5.70. The van der Waals surface area contributed by atoms with E-state index in [-0.39, 0.29) is 31.3 Å². The minimum Gasteiger partial charge on any atom is -0.448 e. The number of rotatable bonds is 6. The van der Waals surface area contributed by atoms with Crippen LogP contribution in [0, 0.1) is 5.41 Å². The van der Waals surface area contributed by atoms with Crippen molar-refractivity contribution in [1.82, 2.24) is 10.6 Å². The second-order valence-electron chi connectivity index (χ2n) is 8.47. The third-order valence-electron chi connectivity index (χ3n) is 5.36. The van der Waals surface area contributed by atoms with Crippen LogP contribution in [-0.4, -0.2) is 43.5 Å². The number of fused-ring (bicyclic) bond motifs is 3. The summed E-state index contributed by atoms with van der Waals surface area (Å²) in [5.41, 5.74) is 2.97. The number of anilines is 1. The quantitative estimate of drug-likeness (QED) is 0.761. The molecule has 1 aromatic carbocycles. The van der Waals surface area contributed by atoms with Gasteiger partial charge in [-0.1, -0.05) is 18.2 Å². The van der Waals surface area contributed by atoms with Crippen LogP contribution in [0.1, 0.15) is 40.2 Å². The Hall–Kier alpha value is -2.70. The number of ether oxygens (including phenoxy) is 2. The van der Waals surface area contributed by atoms with E-state index in [0.29, 0.717) is 0 Å². The summed E-state index contributed by atoms with van der Waals surface area (Å²) < 4.78 is 11.1. The van der Waals surface area contributed by atoms with Gasteiger partial charge >= 0.3 is 12.2 Å². The van der Waals surface area contributed by atoms with Crippen molar-refractivity contribution >= 4 is 17.9 Å². The number of carbonyl (C=O) groups is 2. The van der Waals surface area contributed by atoms with Crippen LogP contribution in [0.5, 0.6) is 0 Å². The number of hydrogen-bond donors (Lipinski definition) is 2. The number of alkyl carbamates (subject to hydrolysis) is 2. The zero-order valence-electron chi connectivity index (χ0n) is 17.8. The summed E-state index contributed by atoms with van der Waals surface area (Å²) in [4.78, 5) is 26.5. The Kier molecular flexibility index (Phi) is 6.05. The molecule has 0 bridgehead atoms. The zero-order valence-corrected chi connectivity index (χ0v) is 17.8. The van der Waals surface area contributed by atoms with E-state index in [4.69, 9.17) is 9.47 Å². The van der Waals surface area contributed by atoms with Crippen LogP contribution >= 0.6 is 0 Å². The molecule has 0 radical (unpaired) electrons. The number of hydrogen-bond acceptors (Lipinski definition) is 5. The molecule has 0 saturated carbocycles. The Labute approximate surface area is 172 Å². The molecule has 0 fully saturated rings. The molecule has 158 valence electrons. The van der Waals surface area contributed by atoms with Gasteiger partial charge in [0.25, 0.3) is 0 Å². The van der Waals surface area contributed by atoms with Crippen LogP contribution < -0.4 is 15.5 Å². The van der Waals surface area contributed by atoms with Crippen molar-refractivity contribution < 1.29 is 19.1 Å². The molecular weight excluding hydrogens is 370 g/mol. The third kappa shape index (κ3) is 4.49. The average Bonchev–Trinajstić information content (AvgIpc) is 3.12. The normalized spacial score (nSPS) is 18.9. The fourth-order valence-electron chi connectivity index (χ4n) is 3.94. The van der Waals surface area contributed by atoms with Crippen LogP contribution in [0.2, 0.25) is 0 Å². The lowest BCUT2D eigenvalue weighted by atomic mass is 9.83. The molecule has 3 rings (SSSR count). The van der Waals surface area contributed by atoms with Crippen LogP contribution in [0.3, 0.4) is 0 Å². The molecule has 1 atom stereocenters. The maximum atomic E-state index is 12.1. The molecule has 2 N–H and O–H groups in total. The van der Waals surface area contributed by atoms with Crippen molar-refractivity contribution in [3.63, 3.8) is 0 Å². The first kappa shape index (κ1) is 21.0. The van der Waals surface area contributed by atoms with Gasteiger partial charge in [-0.25, -0.2) is 9.59 Å². The maximum Gasteiger partial charge on any atom is 0.407 e. The van der Waals surface area contributed by atoms with E-state index in [1.165, 1.54) is 5.56 Å². The number of nitrogens with one attached hydrogen (secondary N) is 2. The lowest BCUT2D eigenvalue weighted by Crippen LogP contribution is -2.47. The molecule has 0 saturated heterocycles. The van der Waals surface area contributed by atoms with Gasteiger partial charge in [-0.15, -0.1) is 0 Å². The zero-order chi connectivity index (χ0) is 21.2. The number of amides is 2. The Morgan fingerprint density at radius 2 is 1.62 bits per heavy atom. The standard InChI is InChI=1S/C22H31N3O4/c1-14(2)23-20(26)28-12-22(13-29-21(27)24-15(3)4)11-18-10-17-8-6-7-9-19(17)25(18)16(22)5/h6-9,11,14-16H,10,12-13H2,1-5H3,(H,23,26)(H,24,27). The van der Waals surface area contributed by atoms with Crippen LogP contribution in [-0.2, 0) is 15.9 Å².